The minimum atomic E-state index is -1.35. The molecule has 80 valence electrons. The van der Waals surface area contributed by atoms with E-state index in [0.29, 0.717) is 10.7 Å². The molecule has 0 aliphatic carbocycles. The Kier molecular flexibility index (Phi) is 3.75. The fraction of sp³-hybridized carbons (Fsp3) is 0. The average molecular weight is 230 g/mol. The van der Waals surface area contributed by atoms with Gasteiger partial charge in [0.05, 0.1) is 0 Å². The van der Waals surface area contributed by atoms with E-state index in [2.05, 4.69) is 5.32 Å². The molecule has 0 saturated carbocycles. The number of hydrogen-bond donors (Lipinski definition) is 4. The number of benzene rings is 1. The highest BCUT2D eigenvalue weighted by molar-refractivity contribution is 6.30. The number of carboxylic acid groups (broad SMARTS) is 1. The van der Waals surface area contributed by atoms with Crippen LogP contribution in [0.2, 0.25) is 5.02 Å². The van der Waals surface area contributed by atoms with Gasteiger partial charge in [-0.1, -0.05) is 17.7 Å². The van der Waals surface area contributed by atoms with Gasteiger partial charge in [0.25, 0.3) is 0 Å². The van der Waals surface area contributed by atoms with Crippen molar-refractivity contribution >= 4 is 29.4 Å². The number of rotatable bonds is 1. The SMILES string of the molecule is O=C(O)NNC(=O)Nc1cccc(Cl)c1. The van der Waals surface area contributed by atoms with Gasteiger partial charge in [0.2, 0.25) is 0 Å². The molecule has 6 nitrogen and oxygen atoms in total. The lowest BCUT2D eigenvalue weighted by Crippen LogP contribution is -2.43. The van der Waals surface area contributed by atoms with Gasteiger partial charge >= 0.3 is 12.1 Å². The van der Waals surface area contributed by atoms with Crippen molar-refractivity contribution < 1.29 is 14.7 Å². The molecular formula is C8H8ClN3O3. The second-order valence-electron chi connectivity index (χ2n) is 2.52. The van der Waals surface area contributed by atoms with E-state index in [4.69, 9.17) is 16.7 Å². The molecule has 0 fully saturated rings. The molecule has 0 unspecified atom stereocenters. The van der Waals surface area contributed by atoms with E-state index in [1.54, 1.807) is 23.6 Å². The van der Waals surface area contributed by atoms with Crippen LogP contribution in [0, 0.1) is 0 Å². The number of hydrazine groups is 1. The highest BCUT2D eigenvalue weighted by Crippen LogP contribution is 2.14. The molecule has 3 amide bonds. The number of anilines is 1. The predicted octanol–water partition coefficient (Wildman–Crippen LogP) is 1.64. The van der Waals surface area contributed by atoms with E-state index in [1.807, 2.05) is 5.43 Å². The molecular weight excluding hydrogens is 222 g/mol. The molecule has 1 rings (SSSR count). The maximum atomic E-state index is 11.0. The summed E-state index contributed by atoms with van der Waals surface area (Å²) in [5.74, 6) is 0. The van der Waals surface area contributed by atoms with Gasteiger partial charge in [-0.25, -0.2) is 20.4 Å². The van der Waals surface area contributed by atoms with E-state index >= 15 is 0 Å². The van der Waals surface area contributed by atoms with Crippen LogP contribution in [-0.4, -0.2) is 17.2 Å². The number of hydrogen-bond acceptors (Lipinski definition) is 2. The van der Waals surface area contributed by atoms with Crippen molar-refractivity contribution in [2.75, 3.05) is 5.32 Å². The Morgan fingerprint density at radius 2 is 2.00 bits per heavy atom. The minimum absolute atomic E-state index is 0.465. The van der Waals surface area contributed by atoms with E-state index in [0.717, 1.165) is 0 Å². The molecule has 0 heterocycles. The quantitative estimate of drug-likeness (QED) is 0.552. The third-order valence-corrected chi connectivity index (χ3v) is 1.60. The topological polar surface area (TPSA) is 90.5 Å². The number of nitrogens with one attached hydrogen (secondary N) is 3. The molecule has 0 aromatic heterocycles. The van der Waals surface area contributed by atoms with Gasteiger partial charge in [-0.15, -0.1) is 0 Å². The van der Waals surface area contributed by atoms with Crippen molar-refractivity contribution in [1.29, 1.82) is 0 Å². The maximum Gasteiger partial charge on any atom is 0.423 e. The summed E-state index contributed by atoms with van der Waals surface area (Å²) in [5.41, 5.74) is 4.07. The van der Waals surface area contributed by atoms with Gasteiger partial charge in [0.1, 0.15) is 0 Å². The van der Waals surface area contributed by atoms with Crippen LogP contribution < -0.4 is 16.2 Å². The molecule has 1 aromatic rings. The van der Waals surface area contributed by atoms with Gasteiger partial charge in [-0.2, -0.15) is 0 Å². The smallest absolute Gasteiger partial charge is 0.423 e. The largest absolute Gasteiger partial charge is 0.464 e. The number of carbonyl (C=O) groups is 2. The first kappa shape index (κ1) is 11.1. The predicted molar refractivity (Wildman–Crippen MR) is 54.8 cm³/mol. The lowest BCUT2D eigenvalue weighted by Gasteiger charge is -2.06. The van der Waals surface area contributed by atoms with Crippen molar-refractivity contribution in [3.8, 4) is 0 Å². The lowest BCUT2D eigenvalue weighted by molar-refractivity contribution is 0.188. The van der Waals surface area contributed by atoms with Crippen LogP contribution in [-0.2, 0) is 0 Å². The zero-order chi connectivity index (χ0) is 11.3. The van der Waals surface area contributed by atoms with Crippen LogP contribution in [0.1, 0.15) is 0 Å². The Morgan fingerprint density at radius 3 is 2.60 bits per heavy atom. The number of carbonyl (C=O) groups excluding carboxylic acids is 1. The van der Waals surface area contributed by atoms with Gasteiger partial charge < -0.3 is 10.4 Å². The van der Waals surface area contributed by atoms with Crippen molar-refractivity contribution in [2.45, 2.75) is 0 Å². The van der Waals surface area contributed by atoms with Crippen molar-refractivity contribution in [2.24, 2.45) is 0 Å². The lowest BCUT2D eigenvalue weighted by atomic mass is 10.3. The Hall–Kier alpha value is -1.95. The molecule has 15 heavy (non-hydrogen) atoms. The summed E-state index contributed by atoms with van der Waals surface area (Å²) in [6.07, 6.45) is -1.35. The first-order valence-electron chi connectivity index (χ1n) is 3.89. The van der Waals surface area contributed by atoms with E-state index in [1.165, 1.54) is 6.07 Å². The number of halogens is 1. The zero-order valence-electron chi connectivity index (χ0n) is 7.45. The summed E-state index contributed by atoms with van der Waals surface area (Å²) in [6, 6.07) is 5.76. The summed E-state index contributed by atoms with van der Waals surface area (Å²) in [7, 11) is 0. The Bertz CT molecular complexity index is 383. The second kappa shape index (κ2) is 5.06. The number of urea groups is 1. The van der Waals surface area contributed by atoms with Gasteiger partial charge in [-0.3, -0.25) is 0 Å². The first-order valence-corrected chi connectivity index (χ1v) is 4.27. The van der Waals surface area contributed by atoms with Crippen LogP contribution in [0.5, 0.6) is 0 Å². The van der Waals surface area contributed by atoms with Gasteiger partial charge in [0.15, 0.2) is 0 Å². The van der Waals surface area contributed by atoms with Crippen LogP contribution in [0.4, 0.5) is 15.3 Å². The Balaban J connectivity index is 2.48. The van der Waals surface area contributed by atoms with Crippen molar-refractivity contribution in [3.05, 3.63) is 29.3 Å². The molecule has 0 atom stereocenters. The van der Waals surface area contributed by atoms with Crippen LogP contribution >= 0.6 is 11.6 Å². The first-order chi connectivity index (χ1) is 7.08. The summed E-state index contributed by atoms with van der Waals surface area (Å²) in [4.78, 5) is 21.1. The molecule has 0 aliphatic rings. The summed E-state index contributed by atoms with van der Waals surface area (Å²) < 4.78 is 0. The average Bonchev–Trinajstić information content (AvgIpc) is 2.15. The fourth-order valence-electron chi connectivity index (χ4n) is 0.839. The highest BCUT2D eigenvalue weighted by Gasteiger charge is 2.02. The second-order valence-corrected chi connectivity index (χ2v) is 2.96. The Morgan fingerprint density at radius 1 is 1.27 bits per heavy atom. The molecule has 0 aliphatic heterocycles. The molecule has 0 spiro atoms. The van der Waals surface area contributed by atoms with Gasteiger partial charge in [0, 0.05) is 10.7 Å². The van der Waals surface area contributed by atoms with Crippen molar-refractivity contribution in [1.82, 2.24) is 10.9 Å². The zero-order valence-corrected chi connectivity index (χ0v) is 8.21. The summed E-state index contributed by atoms with van der Waals surface area (Å²) in [5, 5.41) is 11.0. The highest BCUT2D eigenvalue weighted by atomic mass is 35.5. The maximum absolute atomic E-state index is 11.0. The van der Waals surface area contributed by atoms with E-state index < -0.39 is 12.1 Å². The monoisotopic (exact) mass is 229 g/mol. The third-order valence-electron chi connectivity index (χ3n) is 1.37. The van der Waals surface area contributed by atoms with Gasteiger partial charge in [-0.05, 0) is 18.2 Å². The Labute approximate surface area is 90.2 Å². The van der Waals surface area contributed by atoms with E-state index in [-0.39, 0.29) is 0 Å². The standard InChI is InChI=1S/C8H8ClN3O3/c9-5-2-1-3-6(4-5)10-7(13)11-12-8(14)15/h1-4,12H,(H,14,15)(H2,10,11,13). The van der Waals surface area contributed by atoms with E-state index in [9.17, 15) is 9.59 Å². The molecule has 7 heteroatoms. The minimum Gasteiger partial charge on any atom is -0.464 e. The van der Waals surface area contributed by atoms with Crippen LogP contribution in [0.15, 0.2) is 24.3 Å². The van der Waals surface area contributed by atoms with Crippen molar-refractivity contribution in [3.63, 3.8) is 0 Å². The molecule has 0 bridgehead atoms. The van der Waals surface area contributed by atoms with Crippen LogP contribution in [0.3, 0.4) is 0 Å². The molecule has 4 N–H and O–H groups in total. The molecule has 1 aromatic carbocycles. The third kappa shape index (κ3) is 4.19. The number of amides is 3. The normalized spacial score (nSPS) is 9.13. The summed E-state index contributed by atoms with van der Waals surface area (Å²) in [6.45, 7) is 0. The molecule has 0 saturated heterocycles. The van der Waals surface area contributed by atoms with Crippen LogP contribution in [0.25, 0.3) is 0 Å². The summed E-state index contributed by atoms with van der Waals surface area (Å²) >= 11 is 5.67. The fourth-order valence-corrected chi connectivity index (χ4v) is 1.03. The molecule has 0 radical (unpaired) electrons.